The van der Waals surface area contributed by atoms with Gasteiger partial charge in [-0.2, -0.15) is 0 Å². The molecule has 116 valence electrons. The van der Waals surface area contributed by atoms with Crippen LogP contribution in [0.2, 0.25) is 0 Å². The van der Waals surface area contributed by atoms with Crippen LogP contribution in [-0.2, 0) is 24.3 Å². The van der Waals surface area contributed by atoms with Gasteiger partial charge < -0.3 is 19.7 Å². The van der Waals surface area contributed by atoms with Gasteiger partial charge in [-0.3, -0.25) is 0 Å². The van der Waals surface area contributed by atoms with Crippen molar-refractivity contribution >= 4 is 6.09 Å². The van der Waals surface area contributed by atoms with Crippen LogP contribution in [0.4, 0.5) is 4.79 Å². The number of aliphatic hydroxyl groups is 1. The molecule has 0 fully saturated rings. The SMILES string of the molecule is CC(NC(=O)OCc1ccccc1)c1ncc2n1CC(O)C2. The van der Waals surface area contributed by atoms with Crippen molar-refractivity contribution in [2.45, 2.75) is 38.6 Å². The van der Waals surface area contributed by atoms with E-state index in [-0.39, 0.29) is 18.8 Å². The second-order valence-corrected chi connectivity index (χ2v) is 5.50. The van der Waals surface area contributed by atoms with Crippen LogP contribution in [0.15, 0.2) is 36.5 Å². The lowest BCUT2D eigenvalue weighted by Crippen LogP contribution is -2.29. The second kappa shape index (κ2) is 6.19. The number of fused-ring (bicyclic) bond motifs is 1. The first kappa shape index (κ1) is 14.6. The summed E-state index contributed by atoms with van der Waals surface area (Å²) >= 11 is 0. The summed E-state index contributed by atoms with van der Waals surface area (Å²) in [6.07, 6.45) is 1.51. The van der Waals surface area contributed by atoms with Crippen molar-refractivity contribution in [1.82, 2.24) is 14.9 Å². The number of aliphatic hydroxyl groups excluding tert-OH is 1. The second-order valence-electron chi connectivity index (χ2n) is 5.50. The van der Waals surface area contributed by atoms with Crippen LogP contribution in [0.1, 0.15) is 30.0 Å². The van der Waals surface area contributed by atoms with Crippen LogP contribution < -0.4 is 5.32 Å². The lowest BCUT2D eigenvalue weighted by molar-refractivity contribution is 0.135. The normalized spacial score (nSPS) is 17.8. The molecule has 1 aromatic heterocycles. The third-order valence-electron chi connectivity index (χ3n) is 3.74. The molecule has 1 amide bonds. The van der Waals surface area contributed by atoms with E-state index in [4.69, 9.17) is 4.74 Å². The van der Waals surface area contributed by atoms with Gasteiger partial charge in [-0.05, 0) is 12.5 Å². The van der Waals surface area contributed by atoms with E-state index >= 15 is 0 Å². The Balaban J connectivity index is 1.56. The topological polar surface area (TPSA) is 76.4 Å². The zero-order chi connectivity index (χ0) is 15.5. The van der Waals surface area contributed by atoms with Gasteiger partial charge >= 0.3 is 6.09 Å². The molecule has 0 saturated carbocycles. The summed E-state index contributed by atoms with van der Waals surface area (Å²) in [5, 5.41) is 12.4. The first-order valence-corrected chi connectivity index (χ1v) is 7.33. The van der Waals surface area contributed by atoms with E-state index in [2.05, 4.69) is 10.3 Å². The highest BCUT2D eigenvalue weighted by Crippen LogP contribution is 2.21. The van der Waals surface area contributed by atoms with Crippen LogP contribution >= 0.6 is 0 Å². The number of benzene rings is 1. The highest BCUT2D eigenvalue weighted by atomic mass is 16.5. The predicted octanol–water partition coefficient (Wildman–Crippen LogP) is 1.79. The Morgan fingerprint density at radius 3 is 3.05 bits per heavy atom. The number of alkyl carbamates (subject to hydrolysis) is 1. The van der Waals surface area contributed by atoms with E-state index in [1.54, 1.807) is 6.20 Å². The monoisotopic (exact) mass is 301 g/mol. The van der Waals surface area contributed by atoms with Gasteiger partial charge in [-0.15, -0.1) is 0 Å². The maximum Gasteiger partial charge on any atom is 0.408 e. The van der Waals surface area contributed by atoms with E-state index in [1.165, 1.54) is 0 Å². The minimum absolute atomic E-state index is 0.234. The number of hydrogen-bond acceptors (Lipinski definition) is 4. The van der Waals surface area contributed by atoms with E-state index in [9.17, 15) is 9.90 Å². The Hall–Kier alpha value is -2.34. The third-order valence-corrected chi connectivity index (χ3v) is 3.74. The highest BCUT2D eigenvalue weighted by Gasteiger charge is 2.25. The summed E-state index contributed by atoms with van der Waals surface area (Å²) in [6, 6.07) is 9.25. The summed E-state index contributed by atoms with van der Waals surface area (Å²) in [7, 11) is 0. The molecule has 2 N–H and O–H groups in total. The fourth-order valence-corrected chi connectivity index (χ4v) is 2.67. The van der Waals surface area contributed by atoms with Gasteiger partial charge in [0.1, 0.15) is 12.4 Å². The van der Waals surface area contributed by atoms with Crippen molar-refractivity contribution < 1.29 is 14.6 Å². The van der Waals surface area contributed by atoms with Crippen molar-refractivity contribution in [3.05, 3.63) is 53.6 Å². The van der Waals surface area contributed by atoms with Crippen LogP contribution in [0.25, 0.3) is 0 Å². The standard InChI is InChI=1S/C16H19N3O3/c1-11(15-17-8-13-7-14(20)9-19(13)15)18-16(21)22-10-12-5-3-2-4-6-12/h2-6,8,11,14,20H,7,9-10H2,1H3,(H,18,21). The molecular formula is C16H19N3O3. The molecule has 0 bridgehead atoms. The summed E-state index contributed by atoms with van der Waals surface area (Å²) in [6.45, 7) is 2.61. The van der Waals surface area contributed by atoms with Crippen molar-refractivity contribution in [2.75, 3.05) is 0 Å². The molecule has 6 heteroatoms. The fourth-order valence-electron chi connectivity index (χ4n) is 2.67. The van der Waals surface area contributed by atoms with Crippen LogP contribution in [0.3, 0.4) is 0 Å². The molecule has 2 aromatic rings. The summed E-state index contributed by atoms with van der Waals surface area (Å²) < 4.78 is 7.15. The molecule has 1 aliphatic heterocycles. The third kappa shape index (κ3) is 3.12. The Bertz CT molecular complexity index is 654. The number of imidazole rings is 1. The Morgan fingerprint density at radius 2 is 2.27 bits per heavy atom. The van der Waals surface area contributed by atoms with E-state index in [1.807, 2.05) is 41.8 Å². The van der Waals surface area contributed by atoms with Gasteiger partial charge in [0.05, 0.1) is 18.7 Å². The number of nitrogens with one attached hydrogen (secondary N) is 1. The van der Waals surface area contributed by atoms with Crippen LogP contribution in [-0.4, -0.2) is 26.9 Å². The van der Waals surface area contributed by atoms with Crippen molar-refractivity contribution in [3.63, 3.8) is 0 Å². The molecule has 0 spiro atoms. The molecule has 2 unspecified atom stereocenters. The Kier molecular flexibility index (Phi) is 4.11. The van der Waals surface area contributed by atoms with E-state index in [0.717, 1.165) is 17.1 Å². The Morgan fingerprint density at radius 1 is 1.50 bits per heavy atom. The first-order chi connectivity index (χ1) is 10.6. The molecule has 0 radical (unpaired) electrons. The van der Waals surface area contributed by atoms with Gasteiger partial charge in [-0.25, -0.2) is 9.78 Å². The van der Waals surface area contributed by atoms with E-state index in [0.29, 0.717) is 13.0 Å². The maximum atomic E-state index is 11.9. The molecular weight excluding hydrogens is 282 g/mol. The summed E-state index contributed by atoms with van der Waals surface area (Å²) in [4.78, 5) is 16.2. The molecule has 6 nitrogen and oxygen atoms in total. The van der Waals surface area contributed by atoms with Crippen molar-refractivity contribution in [2.24, 2.45) is 0 Å². The molecule has 1 aromatic carbocycles. The average Bonchev–Trinajstić information content (AvgIpc) is 3.05. The van der Waals surface area contributed by atoms with Crippen molar-refractivity contribution in [1.29, 1.82) is 0 Å². The number of ether oxygens (including phenoxy) is 1. The van der Waals surface area contributed by atoms with Gasteiger partial charge in [0.15, 0.2) is 0 Å². The summed E-state index contributed by atoms with van der Waals surface area (Å²) in [5.41, 5.74) is 1.93. The molecule has 0 saturated heterocycles. The average molecular weight is 301 g/mol. The van der Waals surface area contributed by atoms with Crippen LogP contribution in [0.5, 0.6) is 0 Å². The number of carbonyl (C=O) groups is 1. The Labute approximate surface area is 128 Å². The van der Waals surface area contributed by atoms with Gasteiger partial charge in [0, 0.05) is 18.3 Å². The lowest BCUT2D eigenvalue weighted by atomic mass is 10.2. The van der Waals surface area contributed by atoms with E-state index < -0.39 is 6.09 Å². The first-order valence-electron chi connectivity index (χ1n) is 7.33. The number of rotatable bonds is 4. The molecule has 3 rings (SSSR count). The highest BCUT2D eigenvalue weighted by molar-refractivity contribution is 5.67. The molecule has 2 heterocycles. The quantitative estimate of drug-likeness (QED) is 0.902. The van der Waals surface area contributed by atoms with Gasteiger partial charge in [0.2, 0.25) is 0 Å². The number of amides is 1. The number of nitrogens with zero attached hydrogens (tertiary/aromatic N) is 2. The van der Waals surface area contributed by atoms with Gasteiger partial charge in [0.25, 0.3) is 0 Å². The van der Waals surface area contributed by atoms with Gasteiger partial charge in [-0.1, -0.05) is 30.3 Å². The van der Waals surface area contributed by atoms with Crippen LogP contribution in [0, 0.1) is 0 Å². The zero-order valence-electron chi connectivity index (χ0n) is 12.4. The smallest absolute Gasteiger partial charge is 0.408 e. The summed E-state index contributed by atoms with van der Waals surface area (Å²) in [5.74, 6) is 0.739. The minimum Gasteiger partial charge on any atom is -0.445 e. The van der Waals surface area contributed by atoms with Crippen molar-refractivity contribution in [3.8, 4) is 0 Å². The lowest BCUT2D eigenvalue weighted by Gasteiger charge is -2.15. The number of carbonyl (C=O) groups excluding carboxylic acids is 1. The molecule has 2 atom stereocenters. The number of aromatic nitrogens is 2. The predicted molar refractivity (Wildman–Crippen MR) is 80.1 cm³/mol. The zero-order valence-corrected chi connectivity index (χ0v) is 12.4. The number of hydrogen-bond donors (Lipinski definition) is 2. The minimum atomic E-state index is -0.479. The molecule has 1 aliphatic rings. The molecule has 22 heavy (non-hydrogen) atoms. The fraction of sp³-hybridized carbons (Fsp3) is 0.375. The largest absolute Gasteiger partial charge is 0.445 e. The molecule has 0 aliphatic carbocycles. The maximum absolute atomic E-state index is 11.9.